The van der Waals surface area contributed by atoms with E-state index in [0.29, 0.717) is 6.54 Å². The summed E-state index contributed by atoms with van der Waals surface area (Å²) in [4.78, 5) is 4.45. The molecule has 4 heteroatoms. The van der Waals surface area contributed by atoms with Crippen LogP contribution in [0.25, 0.3) is 10.9 Å². The summed E-state index contributed by atoms with van der Waals surface area (Å²) in [6, 6.07) is 16.0. The lowest BCUT2D eigenvalue weighted by Gasteiger charge is -2.11. The first-order chi connectivity index (χ1) is 10.8. The zero-order valence-corrected chi connectivity index (χ0v) is 12.7. The Balaban J connectivity index is 1.85. The fraction of sp³-hybridized carbons (Fsp3) is 0.167. The lowest BCUT2D eigenvalue weighted by atomic mass is 10.1. The van der Waals surface area contributed by atoms with Crippen LogP contribution >= 0.6 is 0 Å². The number of ether oxygens (including phenoxy) is 2. The van der Waals surface area contributed by atoms with E-state index >= 15 is 0 Å². The largest absolute Gasteiger partial charge is 0.497 e. The number of nitrogens with zero attached hydrogens (tertiary/aromatic N) is 1. The Morgan fingerprint density at radius 1 is 0.955 bits per heavy atom. The molecular weight excluding hydrogens is 276 g/mol. The second-order valence-corrected chi connectivity index (χ2v) is 4.96. The molecule has 3 aromatic rings. The van der Waals surface area contributed by atoms with Gasteiger partial charge in [-0.2, -0.15) is 0 Å². The lowest BCUT2D eigenvalue weighted by molar-refractivity contribution is 0.393. The topological polar surface area (TPSA) is 43.4 Å². The fourth-order valence-electron chi connectivity index (χ4n) is 2.41. The smallest absolute Gasteiger partial charge is 0.122 e. The van der Waals surface area contributed by atoms with Crippen molar-refractivity contribution in [2.24, 2.45) is 0 Å². The zero-order chi connectivity index (χ0) is 15.4. The van der Waals surface area contributed by atoms with Crippen LogP contribution in [0.2, 0.25) is 0 Å². The fourth-order valence-corrected chi connectivity index (χ4v) is 2.41. The second kappa shape index (κ2) is 6.35. The van der Waals surface area contributed by atoms with Crippen LogP contribution in [0.3, 0.4) is 0 Å². The van der Waals surface area contributed by atoms with Gasteiger partial charge in [-0.15, -0.1) is 0 Å². The van der Waals surface area contributed by atoms with Gasteiger partial charge in [-0.25, -0.2) is 0 Å². The standard InChI is InChI=1S/C18H18N2O2/c1-21-15-9-13(10-16(11-15)22-2)12-20-17-7-3-5-14-6-4-8-19-18(14)17/h3-11,20H,12H2,1-2H3. The molecule has 1 N–H and O–H groups in total. The maximum absolute atomic E-state index is 5.30. The second-order valence-electron chi connectivity index (χ2n) is 4.96. The number of rotatable bonds is 5. The summed E-state index contributed by atoms with van der Waals surface area (Å²) in [5, 5.41) is 4.55. The highest BCUT2D eigenvalue weighted by Crippen LogP contribution is 2.25. The van der Waals surface area contributed by atoms with Crippen molar-refractivity contribution < 1.29 is 9.47 Å². The predicted molar refractivity (Wildman–Crippen MR) is 88.6 cm³/mol. The summed E-state index contributed by atoms with van der Waals surface area (Å²) in [6.45, 7) is 0.670. The zero-order valence-electron chi connectivity index (χ0n) is 12.7. The third-order valence-electron chi connectivity index (χ3n) is 3.53. The van der Waals surface area contributed by atoms with Gasteiger partial charge >= 0.3 is 0 Å². The Bertz CT molecular complexity index is 759. The molecule has 0 atom stereocenters. The van der Waals surface area contributed by atoms with Crippen molar-refractivity contribution in [3.8, 4) is 11.5 Å². The van der Waals surface area contributed by atoms with E-state index in [2.05, 4.69) is 22.4 Å². The number of pyridine rings is 1. The quantitative estimate of drug-likeness (QED) is 0.776. The first kappa shape index (κ1) is 14.2. The number of aromatic nitrogens is 1. The first-order valence-corrected chi connectivity index (χ1v) is 7.10. The monoisotopic (exact) mass is 294 g/mol. The highest BCUT2D eigenvalue weighted by molar-refractivity contribution is 5.90. The van der Waals surface area contributed by atoms with Gasteiger partial charge in [-0.3, -0.25) is 4.98 Å². The molecule has 3 rings (SSSR count). The predicted octanol–water partition coefficient (Wildman–Crippen LogP) is 3.86. The van der Waals surface area contributed by atoms with Crippen molar-refractivity contribution in [2.45, 2.75) is 6.54 Å². The van der Waals surface area contributed by atoms with Crippen LogP contribution < -0.4 is 14.8 Å². The van der Waals surface area contributed by atoms with Gasteiger partial charge in [0.2, 0.25) is 0 Å². The van der Waals surface area contributed by atoms with Crippen molar-refractivity contribution in [1.29, 1.82) is 0 Å². The number of benzene rings is 2. The van der Waals surface area contributed by atoms with E-state index in [1.54, 1.807) is 14.2 Å². The number of nitrogens with one attached hydrogen (secondary N) is 1. The maximum Gasteiger partial charge on any atom is 0.122 e. The van der Waals surface area contributed by atoms with E-state index in [-0.39, 0.29) is 0 Å². The lowest BCUT2D eigenvalue weighted by Crippen LogP contribution is -2.01. The first-order valence-electron chi connectivity index (χ1n) is 7.10. The van der Waals surface area contributed by atoms with Crippen molar-refractivity contribution >= 4 is 16.6 Å². The summed E-state index contributed by atoms with van der Waals surface area (Å²) in [5.41, 5.74) is 3.07. The number of para-hydroxylation sites is 1. The van der Waals surface area contributed by atoms with Crippen LogP contribution in [0.1, 0.15) is 5.56 Å². The summed E-state index contributed by atoms with van der Waals surface area (Å²) in [7, 11) is 3.31. The molecule has 1 heterocycles. The minimum Gasteiger partial charge on any atom is -0.497 e. The van der Waals surface area contributed by atoms with Gasteiger partial charge in [0, 0.05) is 24.2 Å². The van der Waals surface area contributed by atoms with Crippen LogP contribution in [0.5, 0.6) is 11.5 Å². The minimum absolute atomic E-state index is 0.670. The number of methoxy groups -OCH3 is 2. The Labute approximate surface area is 129 Å². The summed E-state index contributed by atoms with van der Waals surface area (Å²) in [6.07, 6.45) is 1.81. The molecule has 0 spiro atoms. The van der Waals surface area contributed by atoms with Crippen molar-refractivity contribution in [3.05, 3.63) is 60.3 Å². The average Bonchev–Trinajstić information content (AvgIpc) is 2.59. The Morgan fingerprint density at radius 3 is 2.41 bits per heavy atom. The molecule has 4 nitrogen and oxygen atoms in total. The molecule has 0 aliphatic heterocycles. The molecule has 0 saturated heterocycles. The summed E-state index contributed by atoms with van der Waals surface area (Å²) >= 11 is 0. The van der Waals surface area contributed by atoms with Crippen molar-refractivity contribution in [1.82, 2.24) is 4.98 Å². The third kappa shape index (κ3) is 2.96. The normalized spacial score (nSPS) is 10.5. The van der Waals surface area contributed by atoms with E-state index in [1.807, 2.05) is 42.6 Å². The van der Waals surface area contributed by atoms with E-state index < -0.39 is 0 Å². The van der Waals surface area contributed by atoms with E-state index in [1.165, 1.54) is 0 Å². The van der Waals surface area contributed by atoms with Crippen LogP contribution in [-0.2, 0) is 6.54 Å². The number of hydrogen-bond donors (Lipinski definition) is 1. The van der Waals surface area contributed by atoms with Gasteiger partial charge < -0.3 is 14.8 Å². The Hall–Kier alpha value is -2.75. The third-order valence-corrected chi connectivity index (χ3v) is 3.53. The average molecular weight is 294 g/mol. The molecule has 1 aromatic heterocycles. The molecule has 0 aliphatic rings. The minimum atomic E-state index is 0.670. The summed E-state index contributed by atoms with van der Waals surface area (Å²) in [5.74, 6) is 1.57. The van der Waals surface area contributed by atoms with E-state index in [0.717, 1.165) is 33.7 Å². The molecule has 0 amide bonds. The molecule has 0 saturated carbocycles. The van der Waals surface area contributed by atoms with E-state index in [4.69, 9.17) is 9.47 Å². The Kier molecular flexibility index (Phi) is 4.10. The van der Waals surface area contributed by atoms with Gasteiger partial charge in [-0.05, 0) is 29.8 Å². The molecule has 2 aromatic carbocycles. The van der Waals surface area contributed by atoms with Gasteiger partial charge in [0.05, 0.1) is 25.4 Å². The van der Waals surface area contributed by atoms with Crippen LogP contribution in [0.15, 0.2) is 54.7 Å². The molecular formula is C18H18N2O2. The molecule has 112 valence electrons. The van der Waals surface area contributed by atoms with Crippen molar-refractivity contribution in [3.63, 3.8) is 0 Å². The molecule has 0 radical (unpaired) electrons. The van der Waals surface area contributed by atoms with Crippen LogP contribution in [0.4, 0.5) is 5.69 Å². The maximum atomic E-state index is 5.30. The van der Waals surface area contributed by atoms with Crippen LogP contribution in [0, 0.1) is 0 Å². The SMILES string of the molecule is COc1cc(CNc2cccc3cccnc23)cc(OC)c1. The van der Waals surface area contributed by atoms with Gasteiger partial charge in [-0.1, -0.05) is 18.2 Å². The molecule has 0 fully saturated rings. The molecule has 22 heavy (non-hydrogen) atoms. The van der Waals surface area contributed by atoms with E-state index in [9.17, 15) is 0 Å². The van der Waals surface area contributed by atoms with Gasteiger partial charge in [0.15, 0.2) is 0 Å². The highest BCUT2D eigenvalue weighted by Gasteiger charge is 2.04. The Morgan fingerprint density at radius 2 is 1.68 bits per heavy atom. The number of hydrogen-bond acceptors (Lipinski definition) is 4. The van der Waals surface area contributed by atoms with Crippen LogP contribution in [-0.4, -0.2) is 19.2 Å². The van der Waals surface area contributed by atoms with Gasteiger partial charge in [0.1, 0.15) is 11.5 Å². The number of fused-ring (bicyclic) bond motifs is 1. The molecule has 0 bridgehead atoms. The summed E-state index contributed by atoms with van der Waals surface area (Å²) < 4.78 is 10.6. The number of anilines is 1. The van der Waals surface area contributed by atoms with Gasteiger partial charge in [0.25, 0.3) is 0 Å². The highest BCUT2D eigenvalue weighted by atomic mass is 16.5. The van der Waals surface area contributed by atoms with Crippen molar-refractivity contribution in [2.75, 3.05) is 19.5 Å². The molecule has 0 aliphatic carbocycles. The molecule has 0 unspecified atom stereocenters.